The van der Waals surface area contributed by atoms with Gasteiger partial charge in [0.2, 0.25) is 11.8 Å². The van der Waals surface area contributed by atoms with Crippen LogP contribution in [0.3, 0.4) is 0 Å². The number of methoxy groups -OCH3 is 2. The van der Waals surface area contributed by atoms with Crippen molar-refractivity contribution in [1.29, 1.82) is 0 Å². The Morgan fingerprint density at radius 2 is 1.47 bits per heavy atom. The van der Waals surface area contributed by atoms with Crippen molar-refractivity contribution >= 4 is 29.3 Å². The zero-order valence-electron chi connectivity index (χ0n) is 29.2. The number of amides is 4. The predicted octanol–water partition coefficient (Wildman–Crippen LogP) is 6.94. The topological polar surface area (TPSA) is 105 Å². The summed E-state index contributed by atoms with van der Waals surface area (Å²) in [6.45, 7) is -0.911. The summed E-state index contributed by atoms with van der Waals surface area (Å²) < 4.78 is 51.6. The Balaban J connectivity index is 1.30. The van der Waals surface area contributed by atoms with Crippen LogP contribution >= 0.6 is 0 Å². The van der Waals surface area contributed by atoms with Crippen molar-refractivity contribution in [3.05, 3.63) is 124 Å². The van der Waals surface area contributed by atoms with Gasteiger partial charge in [-0.3, -0.25) is 24.1 Å². The van der Waals surface area contributed by atoms with Gasteiger partial charge in [0, 0.05) is 12.6 Å². The fourth-order valence-corrected chi connectivity index (χ4v) is 8.17. The Morgan fingerprint density at radius 3 is 2.08 bits per heavy atom. The van der Waals surface area contributed by atoms with E-state index >= 15 is 4.79 Å². The minimum absolute atomic E-state index is 0.0237. The number of alkyl halides is 3. The van der Waals surface area contributed by atoms with E-state index in [0.29, 0.717) is 35.6 Å². The molecule has 3 aliphatic rings. The molecule has 1 saturated carbocycles. The summed E-state index contributed by atoms with van der Waals surface area (Å²) in [4.78, 5) is 58.9. The highest BCUT2D eigenvalue weighted by atomic mass is 19.4. The molecule has 12 heteroatoms. The fraction of sp³-hybridized carbons (Fsp3) is 0.317. The number of anilines is 1. The van der Waals surface area contributed by atoms with Crippen molar-refractivity contribution < 1.29 is 41.8 Å². The first-order valence-corrected chi connectivity index (χ1v) is 17.4. The summed E-state index contributed by atoms with van der Waals surface area (Å²) in [6.07, 6.45) is -2.04. The Kier molecular flexibility index (Phi) is 9.48. The fourth-order valence-electron chi connectivity index (χ4n) is 8.17. The largest absolute Gasteiger partial charge is 0.497 e. The second-order valence-corrected chi connectivity index (χ2v) is 13.9. The first kappa shape index (κ1) is 35.7. The standard InChI is InChI=1S/C41H38F3N3O6/c1-52-31-15-16-34(35(21-31)53-2)45-39(51)40(18-17-28-19-26-7-3-4-8-27(26)20-29(28)22-40)47(23-25-11-13-30(14-12-25)41(42,43)44)36(48)24-46-37(49)32-9-5-6-10-33(32)38(46)50/h3-16,21,28-29H,17-20,22-24H2,1-2H3,(H,45,51)/t28-,29+,40-/m1/s1. The molecule has 0 unspecified atom stereocenters. The van der Waals surface area contributed by atoms with Crippen molar-refractivity contribution in [2.45, 2.75) is 50.4 Å². The Hall–Kier alpha value is -5.65. The number of nitrogens with zero attached hydrogens (tertiary/aromatic N) is 2. The van der Waals surface area contributed by atoms with Crippen LogP contribution in [0.2, 0.25) is 0 Å². The number of halogens is 3. The molecule has 53 heavy (non-hydrogen) atoms. The van der Waals surface area contributed by atoms with Crippen LogP contribution in [0.5, 0.6) is 11.5 Å². The van der Waals surface area contributed by atoms with Gasteiger partial charge < -0.3 is 19.7 Å². The van der Waals surface area contributed by atoms with Gasteiger partial charge in [-0.25, -0.2) is 0 Å². The molecule has 4 aromatic rings. The summed E-state index contributed by atoms with van der Waals surface area (Å²) in [5, 5.41) is 3.00. The number of fused-ring (bicyclic) bond motifs is 3. The van der Waals surface area contributed by atoms with E-state index in [1.165, 1.54) is 48.9 Å². The van der Waals surface area contributed by atoms with Crippen molar-refractivity contribution in [2.24, 2.45) is 11.8 Å². The number of hydrogen-bond donors (Lipinski definition) is 1. The van der Waals surface area contributed by atoms with E-state index in [9.17, 15) is 27.6 Å². The molecule has 2 aliphatic carbocycles. The lowest BCUT2D eigenvalue weighted by Crippen LogP contribution is -2.63. The van der Waals surface area contributed by atoms with Crippen molar-refractivity contribution in [2.75, 3.05) is 26.1 Å². The van der Waals surface area contributed by atoms with E-state index in [2.05, 4.69) is 17.4 Å². The maximum atomic E-state index is 15.0. The molecule has 9 nitrogen and oxygen atoms in total. The SMILES string of the molecule is COc1ccc(NC(=O)[C@@]2(N(Cc3ccc(C(F)(F)F)cc3)C(=O)CN3C(=O)c4ccccc4C3=O)CC[C@@H]3Cc4ccccc4C[C@H]3C2)c(OC)c1. The van der Waals surface area contributed by atoms with Crippen LogP contribution in [-0.4, -0.2) is 59.7 Å². The first-order chi connectivity index (χ1) is 25.4. The monoisotopic (exact) mass is 725 g/mol. The summed E-state index contributed by atoms with van der Waals surface area (Å²) >= 11 is 0. The maximum absolute atomic E-state index is 15.0. The normalized spacial score (nSPS) is 20.6. The number of ether oxygens (including phenoxy) is 2. The quantitative estimate of drug-likeness (QED) is 0.188. The molecule has 1 fully saturated rings. The minimum atomic E-state index is -4.58. The van der Waals surface area contributed by atoms with Crippen LogP contribution in [0.1, 0.15) is 62.2 Å². The van der Waals surface area contributed by atoms with Crippen molar-refractivity contribution in [3.63, 3.8) is 0 Å². The molecule has 0 spiro atoms. The second kappa shape index (κ2) is 14.1. The van der Waals surface area contributed by atoms with Gasteiger partial charge in [-0.2, -0.15) is 13.2 Å². The second-order valence-electron chi connectivity index (χ2n) is 13.9. The number of carbonyl (C=O) groups is 4. The van der Waals surface area contributed by atoms with Gasteiger partial charge >= 0.3 is 6.18 Å². The smallest absolute Gasteiger partial charge is 0.416 e. The van der Waals surface area contributed by atoms with Gasteiger partial charge in [0.25, 0.3) is 11.8 Å². The average Bonchev–Trinajstić information content (AvgIpc) is 3.40. The van der Waals surface area contributed by atoms with Gasteiger partial charge in [0.15, 0.2) is 0 Å². The highest BCUT2D eigenvalue weighted by Gasteiger charge is 2.53. The first-order valence-electron chi connectivity index (χ1n) is 17.4. The molecular weight excluding hydrogens is 687 g/mol. The number of nitrogens with one attached hydrogen (secondary N) is 1. The lowest BCUT2D eigenvalue weighted by molar-refractivity contribution is -0.151. The molecule has 0 aromatic heterocycles. The zero-order valence-corrected chi connectivity index (χ0v) is 29.2. The van der Waals surface area contributed by atoms with Gasteiger partial charge in [-0.1, -0.05) is 48.5 Å². The molecule has 1 aliphatic heterocycles. The molecule has 274 valence electrons. The van der Waals surface area contributed by atoms with Gasteiger partial charge in [-0.05, 0) is 97.0 Å². The third-order valence-corrected chi connectivity index (χ3v) is 11.0. The van der Waals surface area contributed by atoms with Crippen LogP contribution in [-0.2, 0) is 35.2 Å². The zero-order chi connectivity index (χ0) is 37.5. The number of benzene rings is 4. The molecule has 0 saturated heterocycles. The molecule has 7 rings (SSSR count). The van der Waals surface area contributed by atoms with Gasteiger partial charge in [0.1, 0.15) is 23.6 Å². The molecule has 0 radical (unpaired) electrons. The number of hydrogen-bond acceptors (Lipinski definition) is 6. The lowest BCUT2D eigenvalue weighted by atomic mass is 9.62. The third kappa shape index (κ3) is 6.73. The van der Waals surface area contributed by atoms with E-state index in [-0.39, 0.29) is 42.3 Å². The van der Waals surface area contributed by atoms with Gasteiger partial charge in [-0.15, -0.1) is 0 Å². The molecular formula is C41H38F3N3O6. The Labute approximate surface area is 304 Å². The van der Waals surface area contributed by atoms with Crippen LogP contribution in [0, 0.1) is 11.8 Å². The van der Waals surface area contributed by atoms with Crippen LogP contribution < -0.4 is 14.8 Å². The molecule has 0 bridgehead atoms. The summed E-state index contributed by atoms with van der Waals surface area (Å²) in [7, 11) is 2.95. The average molecular weight is 726 g/mol. The summed E-state index contributed by atoms with van der Waals surface area (Å²) in [5.74, 6) is -1.46. The minimum Gasteiger partial charge on any atom is -0.497 e. The van der Waals surface area contributed by atoms with E-state index < -0.39 is 47.5 Å². The van der Waals surface area contributed by atoms with Crippen LogP contribution in [0.25, 0.3) is 0 Å². The summed E-state index contributed by atoms with van der Waals surface area (Å²) in [5.41, 5.74) is 1.03. The van der Waals surface area contributed by atoms with E-state index in [1.807, 2.05) is 12.1 Å². The van der Waals surface area contributed by atoms with Crippen LogP contribution in [0.4, 0.5) is 18.9 Å². The highest BCUT2D eigenvalue weighted by molar-refractivity contribution is 6.22. The molecule has 3 atom stereocenters. The number of rotatable bonds is 9. The van der Waals surface area contributed by atoms with Gasteiger partial charge in [0.05, 0.1) is 36.6 Å². The van der Waals surface area contributed by atoms with Crippen molar-refractivity contribution in [3.8, 4) is 11.5 Å². The maximum Gasteiger partial charge on any atom is 0.416 e. The van der Waals surface area contributed by atoms with Crippen LogP contribution in [0.15, 0.2) is 91.0 Å². The molecule has 1 heterocycles. The van der Waals surface area contributed by atoms with E-state index in [1.54, 1.807) is 30.3 Å². The molecule has 1 N–H and O–H groups in total. The Bertz CT molecular complexity index is 2050. The van der Waals surface area contributed by atoms with E-state index in [0.717, 1.165) is 29.0 Å². The molecule has 4 amide bonds. The molecule has 4 aromatic carbocycles. The Morgan fingerprint density at radius 1 is 0.849 bits per heavy atom. The lowest BCUT2D eigenvalue weighted by Gasteiger charge is -2.51. The third-order valence-electron chi connectivity index (χ3n) is 11.0. The highest BCUT2D eigenvalue weighted by Crippen LogP contribution is 2.47. The number of imide groups is 1. The predicted molar refractivity (Wildman–Crippen MR) is 189 cm³/mol. The van der Waals surface area contributed by atoms with Crippen molar-refractivity contribution in [1.82, 2.24) is 9.80 Å². The summed E-state index contributed by atoms with van der Waals surface area (Å²) in [6, 6.07) is 23.8. The van der Waals surface area contributed by atoms with E-state index in [4.69, 9.17) is 9.47 Å². The number of carbonyl (C=O) groups excluding carboxylic acids is 4.